The van der Waals surface area contributed by atoms with Crippen molar-refractivity contribution in [3.63, 3.8) is 0 Å². The third kappa shape index (κ3) is 3.38. The van der Waals surface area contributed by atoms with E-state index in [1.54, 1.807) is 35.6 Å². The molecule has 0 fully saturated rings. The molecule has 0 radical (unpaired) electrons. The topological polar surface area (TPSA) is 80.9 Å². The molecule has 0 aliphatic rings. The Hall–Kier alpha value is -3.15. The molecule has 0 aliphatic carbocycles. The first-order chi connectivity index (χ1) is 12.0. The van der Waals surface area contributed by atoms with E-state index in [-0.39, 0.29) is 12.4 Å². The molecule has 6 heteroatoms. The highest BCUT2D eigenvalue weighted by Crippen LogP contribution is 2.26. The van der Waals surface area contributed by atoms with Crippen LogP contribution in [0.1, 0.15) is 28.5 Å². The third-order valence-electron chi connectivity index (χ3n) is 3.85. The number of carboxylic acid groups (broad SMARTS) is 1. The molecule has 6 nitrogen and oxygen atoms in total. The molecule has 0 bridgehead atoms. The fourth-order valence-corrected chi connectivity index (χ4v) is 2.72. The molecular weight excluding hydrogens is 320 g/mol. The van der Waals surface area contributed by atoms with Gasteiger partial charge in [0.25, 0.3) is 0 Å². The molecule has 0 atom stereocenters. The molecule has 2 aromatic heterocycles. The fraction of sp³-hybridized carbons (Fsp3) is 0.211. The molecule has 1 aromatic carbocycles. The summed E-state index contributed by atoms with van der Waals surface area (Å²) in [5, 5.41) is 9.26. The standard InChI is InChI=1S/C19H18N2O4/c1-3-25-19(24)14-7-5-13(6-8-14)18-15(10-17(22)23)21-11-12(2)4-9-16(21)20-18/h4-9,11H,3,10H2,1-2H3,(H,22,23). The Morgan fingerprint density at radius 1 is 1.16 bits per heavy atom. The number of fused-ring (bicyclic) bond motifs is 1. The van der Waals surface area contributed by atoms with Gasteiger partial charge in [0.1, 0.15) is 5.65 Å². The molecular formula is C19H18N2O4. The van der Waals surface area contributed by atoms with Gasteiger partial charge in [0.2, 0.25) is 0 Å². The van der Waals surface area contributed by atoms with Crippen molar-refractivity contribution < 1.29 is 19.4 Å². The molecule has 128 valence electrons. The second-order valence-corrected chi connectivity index (χ2v) is 5.71. The summed E-state index contributed by atoms with van der Waals surface area (Å²) in [6.45, 7) is 4.01. The van der Waals surface area contributed by atoms with E-state index >= 15 is 0 Å². The maximum atomic E-state index is 11.8. The average Bonchev–Trinajstić information content (AvgIpc) is 2.92. The summed E-state index contributed by atoms with van der Waals surface area (Å²) in [4.78, 5) is 27.6. The van der Waals surface area contributed by atoms with Crippen LogP contribution in [0.25, 0.3) is 16.9 Å². The minimum absolute atomic E-state index is 0.139. The van der Waals surface area contributed by atoms with Gasteiger partial charge in [-0.1, -0.05) is 18.2 Å². The first-order valence-electron chi connectivity index (χ1n) is 7.96. The smallest absolute Gasteiger partial charge is 0.338 e. The number of carbonyl (C=O) groups excluding carboxylic acids is 1. The van der Waals surface area contributed by atoms with Crippen LogP contribution in [-0.2, 0) is 16.0 Å². The second-order valence-electron chi connectivity index (χ2n) is 5.71. The fourth-order valence-electron chi connectivity index (χ4n) is 2.72. The van der Waals surface area contributed by atoms with Crippen LogP contribution in [0.5, 0.6) is 0 Å². The molecule has 1 N–H and O–H groups in total. The van der Waals surface area contributed by atoms with Crippen LogP contribution < -0.4 is 0 Å². The van der Waals surface area contributed by atoms with Gasteiger partial charge in [0.15, 0.2) is 0 Å². The van der Waals surface area contributed by atoms with Crippen LogP contribution in [0.3, 0.4) is 0 Å². The molecule has 2 heterocycles. The molecule has 0 spiro atoms. The lowest BCUT2D eigenvalue weighted by Crippen LogP contribution is -2.05. The molecule has 0 saturated carbocycles. The second kappa shape index (κ2) is 6.76. The van der Waals surface area contributed by atoms with Crippen LogP contribution in [0.4, 0.5) is 0 Å². The van der Waals surface area contributed by atoms with E-state index in [1.165, 1.54) is 0 Å². The number of imidazole rings is 1. The highest BCUT2D eigenvalue weighted by Gasteiger charge is 2.17. The van der Waals surface area contributed by atoms with Crippen molar-refractivity contribution in [1.29, 1.82) is 0 Å². The quantitative estimate of drug-likeness (QED) is 0.723. The minimum Gasteiger partial charge on any atom is -0.481 e. The first kappa shape index (κ1) is 16.7. The van der Waals surface area contributed by atoms with E-state index in [0.29, 0.717) is 29.2 Å². The van der Waals surface area contributed by atoms with Crippen LogP contribution in [0.2, 0.25) is 0 Å². The Morgan fingerprint density at radius 3 is 2.52 bits per heavy atom. The lowest BCUT2D eigenvalue weighted by molar-refractivity contribution is -0.136. The lowest BCUT2D eigenvalue weighted by Gasteiger charge is -2.05. The van der Waals surface area contributed by atoms with Gasteiger partial charge in [-0.2, -0.15) is 0 Å². The molecule has 0 unspecified atom stereocenters. The maximum absolute atomic E-state index is 11.8. The summed E-state index contributed by atoms with van der Waals surface area (Å²) in [6, 6.07) is 10.6. The van der Waals surface area contributed by atoms with Crippen molar-refractivity contribution >= 4 is 17.6 Å². The number of aromatic nitrogens is 2. The minimum atomic E-state index is -0.923. The highest BCUT2D eigenvalue weighted by molar-refractivity contribution is 5.90. The van der Waals surface area contributed by atoms with Gasteiger partial charge < -0.3 is 14.2 Å². The molecule has 25 heavy (non-hydrogen) atoms. The number of ether oxygens (including phenoxy) is 1. The average molecular weight is 338 g/mol. The molecule has 0 saturated heterocycles. The van der Waals surface area contributed by atoms with E-state index in [2.05, 4.69) is 4.98 Å². The summed E-state index contributed by atoms with van der Waals surface area (Å²) in [5.41, 5.74) is 4.11. The number of rotatable bonds is 5. The number of aryl methyl sites for hydroxylation is 1. The molecule has 0 amide bonds. The number of esters is 1. The van der Waals surface area contributed by atoms with Gasteiger partial charge in [-0.05, 0) is 37.6 Å². The summed E-state index contributed by atoms with van der Waals surface area (Å²) in [6.07, 6.45) is 1.73. The number of hydrogen-bond acceptors (Lipinski definition) is 4. The number of hydrogen-bond donors (Lipinski definition) is 1. The third-order valence-corrected chi connectivity index (χ3v) is 3.85. The number of pyridine rings is 1. The first-order valence-corrected chi connectivity index (χ1v) is 7.96. The lowest BCUT2D eigenvalue weighted by atomic mass is 10.1. The number of aliphatic carboxylic acids is 1. The van der Waals surface area contributed by atoms with Crippen molar-refractivity contribution in [2.75, 3.05) is 6.61 Å². The van der Waals surface area contributed by atoms with Crippen molar-refractivity contribution in [2.45, 2.75) is 20.3 Å². The zero-order chi connectivity index (χ0) is 18.0. The van der Waals surface area contributed by atoms with Crippen molar-refractivity contribution in [1.82, 2.24) is 9.38 Å². The van der Waals surface area contributed by atoms with E-state index in [1.807, 2.05) is 25.3 Å². The molecule has 3 rings (SSSR count). The highest BCUT2D eigenvalue weighted by atomic mass is 16.5. The van der Waals surface area contributed by atoms with Gasteiger partial charge in [0.05, 0.1) is 30.0 Å². The maximum Gasteiger partial charge on any atom is 0.338 e. The van der Waals surface area contributed by atoms with E-state index in [4.69, 9.17) is 4.74 Å². The van der Waals surface area contributed by atoms with Crippen LogP contribution in [-0.4, -0.2) is 33.0 Å². The van der Waals surface area contributed by atoms with Crippen LogP contribution in [0.15, 0.2) is 42.6 Å². The molecule has 0 aliphatic heterocycles. The summed E-state index contributed by atoms with van der Waals surface area (Å²) < 4.78 is 6.78. The number of nitrogens with zero attached hydrogens (tertiary/aromatic N) is 2. The predicted molar refractivity (Wildman–Crippen MR) is 92.7 cm³/mol. The summed E-state index contributed by atoms with van der Waals surface area (Å²) in [7, 11) is 0. The number of benzene rings is 1. The number of carboxylic acids is 1. The van der Waals surface area contributed by atoms with Crippen LogP contribution >= 0.6 is 0 Å². The van der Waals surface area contributed by atoms with Crippen molar-refractivity contribution in [2.24, 2.45) is 0 Å². The Labute approximate surface area is 144 Å². The Balaban J connectivity index is 2.08. The van der Waals surface area contributed by atoms with Crippen LogP contribution in [0, 0.1) is 6.92 Å². The van der Waals surface area contributed by atoms with E-state index < -0.39 is 5.97 Å². The molecule has 3 aromatic rings. The van der Waals surface area contributed by atoms with Crippen molar-refractivity contribution in [3.8, 4) is 11.3 Å². The van der Waals surface area contributed by atoms with Gasteiger partial charge in [-0.15, -0.1) is 0 Å². The van der Waals surface area contributed by atoms with Gasteiger partial charge in [-0.3, -0.25) is 4.79 Å². The Kier molecular flexibility index (Phi) is 4.52. The van der Waals surface area contributed by atoms with Gasteiger partial charge in [-0.25, -0.2) is 9.78 Å². The monoisotopic (exact) mass is 338 g/mol. The zero-order valence-corrected chi connectivity index (χ0v) is 14.0. The summed E-state index contributed by atoms with van der Waals surface area (Å²) >= 11 is 0. The largest absolute Gasteiger partial charge is 0.481 e. The van der Waals surface area contributed by atoms with E-state index in [9.17, 15) is 14.7 Å². The van der Waals surface area contributed by atoms with Gasteiger partial charge >= 0.3 is 11.9 Å². The number of carbonyl (C=O) groups is 2. The van der Waals surface area contributed by atoms with E-state index in [0.717, 1.165) is 11.1 Å². The Morgan fingerprint density at radius 2 is 1.88 bits per heavy atom. The Bertz CT molecular complexity index is 942. The normalized spacial score (nSPS) is 10.8. The predicted octanol–water partition coefficient (Wildman–Crippen LogP) is 3.11. The SMILES string of the molecule is CCOC(=O)c1ccc(-c2nc3ccc(C)cn3c2CC(=O)O)cc1. The van der Waals surface area contributed by atoms with Crippen molar-refractivity contribution in [3.05, 3.63) is 59.4 Å². The van der Waals surface area contributed by atoms with Gasteiger partial charge in [0, 0.05) is 11.8 Å². The summed E-state index contributed by atoms with van der Waals surface area (Å²) in [5.74, 6) is -1.31. The zero-order valence-electron chi connectivity index (χ0n) is 14.0.